The van der Waals surface area contributed by atoms with E-state index in [4.69, 9.17) is 0 Å². The number of halogens is 2. The summed E-state index contributed by atoms with van der Waals surface area (Å²) in [6, 6.07) is 10.6. The topological polar surface area (TPSA) is 55.2 Å². The summed E-state index contributed by atoms with van der Waals surface area (Å²) < 4.78 is 2.96. The van der Waals surface area contributed by atoms with Gasteiger partial charge in [0.1, 0.15) is 6.33 Å². The minimum absolute atomic E-state index is 0.187. The molecule has 0 fully saturated rings. The van der Waals surface area contributed by atoms with E-state index in [0.29, 0.717) is 22.2 Å². The Kier molecular flexibility index (Phi) is 4.56. The molecule has 0 radical (unpaired) electrons. The molecule has 0 unspecified atom stereocenters. The molecule has 1 aromatic heterocycles. The van der Waals surface area contributed by atoms with E-state index in [1.807, 2.05) is 6.07 Å². The molecule has 2 aromatic carbocycles. The summed E-state index contributed by atoms with van der Waals surface area (Å²) in [6.45, 7) is 0. The number of amides is 1. The van der Waals surface area contributed by atoms with E-state index in [9.17, 15) is 9.59 Å². The highest BCUT2D eigenvalue weighted by Crippen LogP contribution is 2.22. The Balaban J connectivity index is 2.30. The molecular weight excluding hydrogens is 438 g/mol. The Labute approximate surface area is 155 Å². The average Bonchev–Trinajstić information content (AvgIpc) is 2.55. The normalized spacial score (nSPS) is 10.8. The van der Waals surface area contributed by atoms with Gasteiger partial charge in [0.25, 0.3) is 11.5 Å². The van der Waals surface area contributed by atoms with Crippen LogP contribution in [0.3, 0.4) is 0 Å². The fourth-order valence-corrected chi connectivity index (χ4v) is 3.12. The maximum absolute atomic E-state index is 12.9. The Bertz CT molecular complexity index is 1010. The van der Waals surface area contributed by atoms with E-state index in [1.165, 1.54) is 15.8 Å². The van der Waals surface area contributed by atoms with Gasteiger partial charge in [-0.15, -0.1) is 0 Å². The smallest absolute Gasteiger partial charge is 0.265 e. The van der Waals surface area contributed by atoms with Crippen molar-refractivity contribution in [3.63, 3.8) is 0 Å². The van der Waals surface area contributed by atoms with Crippen molar-refractivity contribution < 1.29 is 4.79 Å². The summed E-state index contributed by atoms with van der Waals surface area (Å²) in [7, 11) is 3.34. The number of aromatic nitrogens is 2. The third kappa shape index (κ3) is 3.01. The molecule has 0 N–H and O–H groups in total. The maximum Gasteiger partial charge on any atom is 0.265 e. The van der Waals surface area contributed by atoms with Gasteiger partial charge in [-0.05, 0) is 36.4 Å². The summed E-state index contributed by atoms with van der Waals surface area (Å²) >= 11 is 6.74. The van der Waals surface area contributed by atoms with E-state index in [2.05, 4.69) is 36.8 Å². The van der Waals surface area contributed by atoms with E-state index in [-0.39, 0.29) is 11.5 Å². The highest BCUT2D eigenvalue weighted by molar-refractivity contribution is 9.10. The van der Waals surface area contributed by atoms with E-state index < -0.39 is 0 Å². The molecule has 0 aliphatic carbocycles. The molecule has 0 aliphatic heterocycles. The summed E-state index contributed by atoms with van der Waals surface area (Å²) in [5.74, 6) is -0.187. The number of benzene rings is 2. The van der Waals surface area contributed by atoms with E-state index in [0.717, 1.165) is 8.95 Å². The van der Waals surface area contributed by atoms with Gasteiger partial charge in [0.05, 0.1) is 22.2 Å². The number of hydrogen-bond acceptors (Lipinski definition) is 3. The third-order valence-electron chi connectivity index (χ3n) is 3.57. The van der Waals surface area contributed by atoms with Gasteiger partial charge in [-0.25, -0.2) is 4.98 Å². The van der Waals surface area contributed by atoms with Crippen molar-refractivity contribution in [3.05, 3.63) is 67.6 Å². The lowest BCUT2D eigenvalue weighted by atomic mass is 10.1. The third-order valence-corrected chi connectivity index (χ3v) is 4.56. The first-order chi connectivity index (χ1) is 11.4. The van der Waals surface area contributed by atoms with E-state index in [1.54, 1.807) is 44.4 Å². The van der Waals surface area contributed by atoms with Gasteiger partial charge in [-0.3, -0.25) is 14.2 Å². The first-order valence-electron chi connectivity index (χ1n) is 7.07. The van der Waals surface area contributed by atoms with Crippen LogP contribution in [-0.4, -0.2) is 34.5 Å². The second kappa shape index (κ2) is 6.49. The lowest BCUT2D eigenvalue weighted by Gasteiger charge is -2.16. The fourth-order valence-electron chi connectivity index (χ4n) is 2.40. The molecule has 0 saturated carbocycles. The molecule has 0 atom stereocenters. The number of carbonyl (C=O) groups excluding carboxylic acids is 1. The molecule has 122 valence electrons. The van der Waals surface area contributed by atoms with Gasteiger partial charge in [-0.1, -0.05) is 31.9 Å². The van der Waals surface area contributed by atoms with Gasteiger partial charge >= 0.3 is 0 Å². The molecule has 7 heteroatoms. The SMILES string of the molecule is CN(C)C(=O)c1cc(Br)ccc1-n1cnc2ccc(Br)cc2c1=O. The van der Waals surface area contributed by atoms with Crippen molar-refractivity contribution in [2.75, 3.05) is 14.1 Å². The molecule has 1 amide bonds. The molecule has 0 aliphatic rings. The van der Waals surface area contributed by atoms with E-state index >= 15 is 0 Å². The Morgan fingerprint density at radius 2 is 1.75 bits per heavy atom. The van der Waals surface area contributed by atoms with Crippen LogP contribution in [0.1, 0.15) is 10.4 Å². The van der Waals surface area contributed by atoms with Crippen molar-refractivity contribution >= 4 is 48.7 Å². The quantitative estimate of drug-likeness (QED) is 0.599. The lowest BCUT2D eigenvalue weighted by molar-refractivity contribution is 0.0827. The molecular formula is C17H13Br2N3O2. The highest BCUT2D eigenvalue weighted by atomic mass is 79.9. The molecule has 0 bridgehead atoms. The highest BCUT2D eigenvalue weighted by Gasteiger charge is 2.17. The summed E-state index contributed by atoms with van der Waals surface area (Å²) in [6.07, 6.45) is 1.45. The molecule has 0 spiro atoms. The van der Waals surface area contributed by atoms with Crippen LogP contribution in [0.15, 0.2) is 56.5 Å². The zero-order valence-corrected chi connectivity index (χ0v) is 16.1. The van der Waals surface area contributed by atoms with Gasteiger partial charge in [0, 0.05) is 23.0 Å². The van der Waals surface area contributed by atoms with Crippen LogP contribution in [0.2, 0.25) is 0 Å². The molecule has 3 rings (SSSR count). The van der Waals surface area contributed by atoms with Crippen molar-refractivity contribution in [2.45, 2.75) is 0 Å². The fraction of sp³-hybridized carbons (Fsp3) is 0.118. The molecule has 0 saturated heterocycles. The van der Waals surface area contributed by atoms with Crippen LogP contribution in [-0.2, 0) is 0 Å². The predicted molar refractivity (Wildman–Crippen MR) is 101 cm³/mol. The molecule has 5 nitrogen and oxygen atoms in total. The van der Waals surface area contributed by atoms with Crippen LogP contribution in [0.4, 0.5) is 0 Å². The Morgan fingerprint density at radius 1 is 1.08 bits per heavy atom. The standard InChI is InChI=1S/C17H13Br2N3O2/c1-21(2)16(23)13-8-11(19)4-6-15(13)22-9-20-14-5-3-10(18)7-12(14)17(22)24/h3-9H,1-2H3. The number of fused-ring (bicyclic) bond motifs is 1. The lowest BCUT2D eigenvalue weighted by Crippen LogP contribution is -2.26. The van der Waals surface area contributed by atoms with Gasteiger partial charge < -0.3 is 4.90 Å². The zero-order chi connectivity index (χ0) is 17.4. The first kappa shape index (κ1) is 16.9. The van der Waals surface area contributed by atoms with Gasteiger partial charge in [0.15, 0.2) is 0 Å². The van der Waals surface area contributed by atoms with Crippen LogP contribution in [0.25, 0.3) is 16.6 Å². The van der Waals surface area contributed by atoms with Crippen molar-refractivity contribution in [2.24, 2.45) is 0 Å². The van der Waals surface area contributed by atoms with Gasteiger partial charge in [-0.2, -0.15) is 0 Å². The zero-order valence-electron chi connectivity index (χ0n) is 13.0. The number of rotatable bonds is 2. The van der Waals surface area contributed by atoms with Crippen molar-refractivity contribution in [1.82, 2.24) is 14.5 Å². The van der Waals surface area contributed by atoms with Crippen molar-refractivity contribution in [1.29, 1.82) is 0 Å². The number of nitrogens with zero attached hydrogens (tertiary/aromatic N) is 3. The largest absolute Gasteiger partial charge is 0.345 e. The maximum atomic E-state index is 12.9. The second-order valence-corrected chi connectivity index (χ2v) is 7.27. The Morgan fingerprint density at radius 3 is 2.46 bits per heavy atom. The Hall–Kier alpha value is -1.99. The van der Waals surface area contributed by atoms with Crippen LogP contribution < -0.4 is 5.56 Å². The molecule has 1 heterocycles. The number of hydrogen-bond donors (Lipinski definition) is 0. The summed E-state index contributed by atoms with van der Waals surface area (Å²) in [5, 5.41) is 0.484. The van der Waals surface area contributed by atoms with Crippen LogP contribution >= 0.6 is 31.9 Å². The monoisotopic (exact) mass is 449 g/mol. The van der Waals surface area contributed by atoms with Gasteiger partial charge in [0.2, 0.25) is 0 Å². The van der Waals surface area contributed by atoms with Crippen molar-refractivity contribution in [3.8, 4) is 5.69 Å². The summed E-state index contributed by atoms with van der Waals surface area (Å²) in [5.41, 5.74) is 1.30. The molecule has 24 heavy (non-hydrogen) atoms. The minimum atomic E-state index is -0.226. The second-order valence-electron chi connectivity index (χ2n) is 5.44. The first-order valence-corrected chi connectivity index (χ1v) is 8.65. The minimum Gasteiger partial charge on any atom is -0.345 e. The van der Waals surface area contributed by atoms with Crippen LogP contribution in [0, 0.1) is 0 Å². The van der Waals surface area contributed by atoms with Crippen LogP contribution in [0.5, 0.6) is 0 Å². The predicted octanol–water partition coefficient (Wildman–Crippen LogP) is 3.61. The average molecular weight is 451 g/mol. The number of carbonyl (C=O) groups is 1. The summed E-state index contributed by atoms with van der Waals surface area (Å²) in [4.78, 5) is 31.2. The molecule has 3 aromatic rings.